The highest BCUT2D eigenvalue weighted by molar-refractivity contribution is 6.36. The van der Waals surface area contributed by atoms with Crippen LogP contribution in [0.5, 0.6) is 0 Å². The number of pyridine rings is 1. The molecule has 0 fully saturated rings. The third-order valence-electron chi connectivity index (χ3n) is 1.52. The molecule has 0 saturated heterocycles. The van der Waals surface area contributed by atoms with Crippen molar-refractivity contribution in [2.45, 2.75) is 6.54 Å². The highest BCUT2D eigenvalue weighted by Crippen LogP contribution is 2.01. The number of aromatic nitrogens is 1. The molecular weight excluding hydrogens is 153 g/mol. The van der Waals surface area contributed by atoms with E-state index in [0.29, 0.717) is 5.56 Å². The van der Waals surface area contributed by atoms with Crippen LogP contribution >= 0.6 is 0 Å². The van der Waals surface area contributed by atoms with E-state index in [-0.39, 0.29) is 17.6 Å². The van der Waals surface area contributed by atoms with Crippen LogP contribution in [0, 0.1) is 0 Å². The lowest BCUT2D eigenvalue weighted by Crippen LogP contribution is -2.26. The first-order chi connectivity index (χ1) is 5.66. The molecule has 1 amide bonds. The van der Waals surface area contributed by atoms with Gasteiger partial charge in [0, 0.05) is 24.5 Å². The Labute approximate surface area is 71.4 Å². The number of hydrogen-bond acceptors (Lipinski definition) is 3. The third-order valence-corrected chi connectivity index (χ3v) is 1.52. The SMILES string of the molecule is [B]c1cncc(CN)c1C(N)=O. The van der Waals surface area contributed by atoms with Crippen molar-refractivity contribution in [2.75, 3.05) is 0 Å². The summed E-state index contributed by atoms with van der Waals surface area (Å²) in [7, 11) is 5.48. The average molecular weight is 161 g/mol. The van der Waals surface area contributed by atoms with Crippen molar-refractivity contribution in [3.63, 3.8) is 0 Å². The molecule has 0 aliphatic carbocycles. The van der Waals surface area contributed by atoms with Gasteiger partial charge < -0.3 is 11.5 Å². The van der Waals surface area contributed by atoms with E-state index >= 15 is 0 Å². The minimum absolute atomic E-state index is 0.205. The maximum absolute atomic E-state index is 10.9. The number of amides is 1. The molecule has 1 rings (SSSR count). The summed E-state index contributed by atoms with van der Waals surface area (Å²) in [6.45, 7) is 0.205. The molecule has 0 unspecified atom stereocenters. The van der Waals surface area contributed by atoms with E-state index in [1.54, 1.807) is 0 Å². The van der Waals surface area contributed by atoms with Crippen molar-refractivity contribution < 1.29 is 4.79 Å². The highest BCUT2D eigenvalue weighted by Gasteiger charge is 2.09. The maximum Gasteiger partial charge on any atom is 0.248 e. The molecule has 0 aliphatic heterocycles. The summed E-state index contributed by atoms with van der Waals surface area (Å²) in [4.78, 5) is 14.6. The Morgan fingerprint density at radius 2 is 2.25 bits per heavy atom. The Morgan fingerprint density at radius 3 is 2.67 bits per heavy atom. The highest BCUT2D eigenvalue weighted by atomic mass is 16.1. The van der Waals surface area contributed by atoms with E-state index < -0.39 is 5.91 Å². The molecule has 4 N–H and O–H groups in total. The standard InChI is InChI=1S/C7H8BN3O/c8-5-3-11-2-4(1-9)6(5)7(10)12/h2-3H,1,9H2,(H2,10,12). The molecule has 0 spiro atoms. The zero-order valence-corrected chi connectivity index (χ0v) is 6.45. The number of primary amides is 1. The Balaban J connectivity index is 3.29. The van der Waals surface area contributed by atoms with Gasteiger partial charge in [-0.1, -0.05) is 5.46 Å². The Hall–Kier alpha value is -1.36. The first-order valence-electron chi connectivity index (χ1n) is 3.39. The number of rotatable bonds is 2. The van der Waals surface area contributed by atoms with Crippen LogP contribution in [0.1, 0.15) is 15.9 Å². The molecule has 0 atom stereocenters. The lowest BCUT2D eigenvalue weighted by molar-refractivity contribution is 0.100. The largest absolute Gasteiger partial charge is 0.366 e. The zero-order chi connectivity index (χ0) is 9.14. The molecule has 60 valence electrons. The number of carbonyl (C=O) groups excluding carboxylic acids is 1. The third kappa shape index (κ3) is 1.45. The molecule has 4 nitrogen and oxygen atoms in total. The monoisotopic (exact) mass is 161 g/mol. The fourth-order valence-electron chi connectivity index (χ4n) is 0.977. The van der Waals surface area contributed by atoms with Crippen molar-refractivity contribution in [3.05, 3.63) is 23.5 Å². The molecule has 1 aromatic heterocycles. The van der Waals surface area contributed by atoms with Crippen molar-refractivity contribution in [1.82, 2.24) is 4.98 Å². The van der Waals surface area contributed by atoms with E-state index in [1.165, 1.54) is 12.4 Å². The number of nitrogens with zero attached hydrogens (tertiary/aromatic N) is 1. The van der Waals surface area contributed by atoms with Crippen LogP contribution in [0.2, 0.25) is 0 Å². The molecule has 0 aliphatic rings. The average Bonchev–Trinajstić information content (AvgIpc) is 2.03. The molecule has 1 aromatic rings. The normalized spacial score (nSPS) is 9.75. The molecular formula is C7H8BN3O. The summed E-state index contributed by atoms with van der Waals surface area (Å²) in [5, 5.41) is 0. The molecule has 12 heavy (non-hydrogen) atoms. The quantitative estimate of drug-likeness (QED) is 0.514. The summed E-state index contributed by atoms with van der Waals surface area (Å²) in [6, 6.07) is 0. The number of hydrogen-bond donors (Lipinski definition) is 2. The second kappa shape index (κ2) is 3.36. The van der Waals surface area contributed by atoms with Crippen LogP contribution in [0.15, 0.2) is 12.4 Å². The minimum Gasteiger partial charge on any atom is -0.366 e. The Bertz CT molecular complexity index is 314. The molecule has 2 radical (unpaired) electrons. The fraction of sp³-hybridized carbons (Fsp3) is 0.143. The van der Waals surface area contributed by atoms with Gasteiger partial charge in [-0.2, -0.15) is 0 Å². The van der Waals surface area contributed by atoms with E-state index in [2.05, 4.69) is 4.98 Å². The van der Waals surface area contributed by atoms with Gasteiger partial charge >= 0.3 is 0 Å². The van der Waals surface area contributed by atoms with Crippen LogP contribution in [-0.4, -0.2) is 18.7 Å². The van der Waals surface area contributed by atoms with Crippen molar-refractivity contribution in [3.8, 4) is 0 Å². The second-order valence-electron chi connectivity index (χ2n) is 2.33. The molecule has 0 aromatic carbocycles. The molecule has 0 bridgehead atoms. The maximum atomic E-state index is 10.9. The van der Waals surface area contributed by atoms with E-state index in [1.807, 2.05) is 0 Å². The Kier molecular flexibility index (Phi) is 2.45. The van der Waals surface area contributed by atoms with Crippen LogP contribution in [0.25, 0.3) is 0 Å². The fourth-order valence-corrected chi connectivity index (χ4v) is 0.977. The van der Waals surface area contributed by atoms with Crippen molar-refractivity contribution in [2.24, 2.45) is 11.5 Å². The summed E-state index contributed by atoms with van der Waals surface area (Å²) < 4.78 is 0. The van der Waals surface area contributed by atoms with Gasteiger partial charge in [-0.25, -0.2) is 0 Å². The van der Waals surface area contributed by atoms with Crippen LogP contribution in [-0.2, 0) is 6.54 Å². The number of carbonyl (C=O) groups is 1. The predicted octanol–water partition coefficient (Wildman–Crippen LogP) is -1.57. The van der Waals surface area contributed by atoms with Gasteiger partial charge in [0.05, 0.1) is 0 Å². The van der Waals surface area contributed by atoms with Crippen LogP contribution in [0.3, 0.4) is 0 Å². The Morgan fingerprint density at radius 1 is 1.58 bits per heavy atom. The first kappa shape index (κ1) is 8.74. The van der Waals surface area contributed by atoms with E-state index in [9.17, 15) is 4.79 Å². The molecule has 5 heteroatoms. The second-order valence-corrected chi connectivity index (χ2v) is 2.33. The first-order valence-corrected chi connectivity index (χ1v) is 3.39. The van der Waals surface area contributed by atoms with Gasteiger partial charge in [-0.05, 0) is 5.56 Å². The number of nitrogens with two attached hydrogens (primary N) is 2. The lowest BCUT2D eigenvalue weighted by Gasteiger charge is -2.05. The zero-order valence-electron chi connectivity index (χ0n) is 6.45. The van der Waals surface area contributed by atoms with Gasteiger partial charge in [0.25, 0.3) is 0 Å². The van der Waals surface area contributed by atoms with Crippen molar-refractivity contribution >= 4 is 19.2 Å². The van der Waals surface area contributed by atoms with Gasteiger partial charge in [-0.3, -0.25) is 9.78 Å². The van der Waals surface area contributed by atoms with Gasteiger partial charge in [-0.15, -0.1) is 0 Å². The lowest BCUT2D eigenvalue weighted by atomic mass is 9.90. The van der Waals surface area contributed by atoms with Gasteiger partial charge in [0.2, 0.25) is 5.91 Å². The molecule has 1 heterocycles. The summed E-state index contributed by atoms with van der Waals surface area (Å²) in [6.07, 6.45) is 2.86. The van der Waals surface area contributed by atoms with Crippen LogP contribution < -0.4 is 16.9 Å². The summed E-state index contributed by atoms with van der Waals surface area (Å²) in [5.74, 6) is -0.574. The van der Waals surface area contributed by atoms with Crippen molar-refractivity contribution in [1.29, 1.82) is 0 Å². The van der Waals surface area contributed by atoms with Gasteiger partial charge in [0.1, 0.15) is 7.85 Å². The molecule has 0 saturated carbocycles. The summed E-state index contributed by atoms with van der Waals surface area (Å²) >= 11 is 0. The van der Waals surface area contributed by atoms with E-state index in [0.717, 1.165) is 0 Å². The smallest absolute Gasteiger partial charge is 0.248 e. The van der Waals surface area contributed by atoms with E-state index in [4.69, 9.17) is 19.3 Å². The predicted molar refractivity (Wildman–Crippen MR) is 46.0 cm³/mol. The van der Waals surface area contributed by atoms with Crippen LogP contribution in [0.4, 0.5) is 0 Å². The summed E-state index contributed by atoms with van der Waals surface area (Å²) in [5.41, 5.74) is 11.6. The van der Waals surface area contributed by atoms with Gasteiger partial charge in [0.15, 0.2) is 0 Å². The topological polar surface area (TPSA) is 82.0 Å². The minimum atomic E-state index is -0.574.